The first kappa shape index (κ1) is 38.4. The van der Waals surface area contributed by atoms with Crippen LogP contribution in [0, 0.1) is 11.8 Å². The number of ether oxygens (including phenoxy) is 2. The number of alkyl carbamates (subject to hydrolysis) is 2. The highest BCUT2D eigenvalue weighted by Crippen LogP contribution is 2.36. The molecule has 2 fully saturated rings. The molecule has 4 N–H and O–H groups in total. The number of amides is 4. The van der Waals surface area contributed by atoms with Crippen molar-refractivity contribution < 1.29 is 28.7 Å². The zero-order valence-electron chi connectivity index (χ0n) is 32.7. The van der Waals surface area contributed by atoms with Crippen LogP contribution in [-0.4, -0.2) is 93.1 Å². The van der Waals surface area contributed by atoms with Crippen LogP contribution in [0.1, 0.15) is 77.1 Å². The van der Waals surface area contributed by atoms with Gasteiger partial charge < -0.3 is 39.9 Å². The molecule has 0 aliphatic carbocycles. The summed E-state index contributed by atoms with van der Waals surface area (Å²) in [5.74, 6) is 0.963. The van der Waals surface area contributed by atoms with Gasteiger partial charge in [-0.2, -0.15) is 0 Å². The van der Waals surface area contributed by atoms with Gasteiger partial charge in [-0.25, -0.2) is 19.6 Å². The molecule has 14 nitrogen and oxygen atoms in total. The molecule has 4 heterocycles. The summed E-state index contributed by atoms with van der Waals surface area (Å²) in [6, 6.07) is 17.0. The van der Waals surface area contributed by atoms with Gasteiger partial charge in [0.15, 0.2) is 0 Å². The molecule has 2 aliphatic heterocycles. The predicted molar refractivity (Wildman–Crippen MR) is 212 cm³/mol. The van der Waals surface area contributed by atoms with Crippen molar-refractivity contribution in [2.75, 3.05) is 27.3 Å². The molecule has 2 aromatic heterocycles. The lowest BCUT2D eigenvalue weighted by Crippen LogP contribution is -2.51. The molecule has 5 aromatic rings. The molecular weight excluding hydrogens is 713 g/mol. The fraction of sp³-hybridized carbons (Fsp3) is 0.429. The molecule has 0 radical (unpaired) electrons. The molecule has 4 amide bonds. The van der Waals surface area contributed by atoms with E-state index in [9.17, 15) is 19.2 Å². The average molecular weight is 763 g/mol. The number of hydrogen-bond donors (Lipinski definition) is 4. The lowest BCUT2D eigenvalue weighted by molar-refractivity contribution is -0.136. The molecule has 294 valence electrons. The molecular formula is C42H50N8O6. The number of methoxy groups -OCH3 is 2. The maximum absolute atomic E-state index is 13.6. The summed E-state index contributed by atoms with van der Waals surface area (Å²) in [4.78, 5) is 71.4. The smallest absolute Gasteiger partial charge is 0.407 e. The Morgan fingerprint density at radius 3 is 1.79 bits per heavy atom. The minimum absolute atomic E-state index is 0.108. The summed E-state index contributed by atoms with van der Waals surface area (Å²) >= 11 is 0. The van der Waals surface area contributed by atoms with Crippen molar-refractivity contribution in [3.63, 3.8) is 0 Å². The number of aromatic nitrogens is 4. The largest absolute Gasteiger partial charge is 0.453 e. The molecule has 2 saturated heterocycles. The van der Waals surface area contributed by atoms with E-state index in [1.807, 2.05) is 49.8 Å². The van der Waals surface area contributed by atoms with Crippen LogP contribution in [0.25, 0.3) is 44.2 Å². The summed E-state index contributed by atoms with van der Waals surface area (Å²) in [6.45, 7) is 8.80. The predicted octanol–water partition coefficient (Wildman–Crippen LogP) is 6.86. The van der Waals surface area contributed by atoms with Gasteiger partial charge in [-0.15, -0.1) is 0 Å². The van der Waals surface area contributed by atoms with Crippen molar-refractivity contribution in [2.24, 2.45) is 11.8 Å². The van der Waals surface area contributed by atoms with Gasteiger partial charge in [-0.3, -0.25) is 9.59 Å². The van der Waals surface area contributed by atoms with Gasteiger partial charge in [0.25, 0.3) is 0 Å². The first-order valence-electron chi connectivity index (χ1n) is 19.3. The number of aromatic amines is 2. The first-order chi connectivity index (χ1) is 26.9. The molecule has 0 spiro atoms. The third kappa shape index (κ3) is 7.64. The Labute approximate surface area is 325 Å². The summed E-state index contributed by atoms with van der Waals surface area (Å²) in [7, 11) is 2.58. The molecule has 0 bridgehead atoms. The summed E-state index contributed by atoms with van der Waals surface area (Å²) in [5, 5.41) is 7.57. The van der Waals surface area contributed by atoms with Crippen molar-refractivity contribution in [1.29, 1.82) is 0 Å². The van der Waals surface area contributed by atoms with E-state index in [-0.39, 0.29) is 35.7 Å². The van der Waals surface area contributed by atoms with E-state index in [1.54, 1.807) is 0 Å². The molecule has 4 atom stereocenters. The fourth-order valence-electron chi connectivity index (χ4n) is 8.00. The number of fused-ring (bicyclic) bond motifs is 2. The highest BCUT2D eigenvalue weighted by molar-refractivity contribution is 5.92. The number of benzene rings is 3. The first-order valence-corrected chi connectivity index (χ1v) is 19.3. The van der Waals surface area contributed by atoms with Crippen LogP contribution in [0.4, 0.5) is 9.59 Å². The van der Waals surface area contributed by atoms with Crippen LogP contribution in [-0.2, 0) is 19.1 Å². The fourth-order valence-corrected chi connectivity index (χ4v) is 8.00. The van der Waals surface area contributed by atoms with E-state index in [4.69, 9.17) is 19.4 Å². The number of nitrogens with zero attached hydrogens (tertiary/aromatic N) is 4. The maximum Gasteiger partial charge on any atom is 0.407 e. The van der Waals surface area contributed by atoms with E-state index < -0.39 is 24.3 Å². The van der Waals surface area contributed by atoms with E-state index >= 15 is 0 Å². The summed E-state index contributed by atoms with van der Waals surface area (Å²) < 4.78 is 9.54. The van der Waals surface area contributed by atoms with E-state index in [0.717, 1.165) is 81.5 Å². The minimum Gasteiger partial charge on any atom is -0.453 e. The van der Waals surface area contributed by atoms with E-state index in [2.05, 4.69) is 69.1 Å². The van der Waals surface area contributed by atoms with Gasteiger partial charge in [0.05, 0.1) is 49.2 Å². The van der Waals surface area contributed by atoms with Crippen molar-refractivity contribution in [3.8, 4) is 22.4 Å². The Kier molecular flexibility index (Phi) is 11.0. The zero-order valence-corrected chi connectivity index (χ0v) is 32.7. The molecule has 0 saturated carbocycles. The highest BCUT2D eigenvalue weighted by Gasteiger charge is 2.39. The second-order valence-corrected chi connectivity index (χ2v) is 15.4. The second-order valence-electron chi connectivity index (χ2n) is 15.4. The minimum atomic E-state index is -0.693. The molecule has 3 aromatic carbocycles. The topological polar surface area (TPSA) is 175 Å². The zero-order chi connectivity index (χ0) is 39.7. The summed E-state index contributed by atoms with van der Waals surface area (Å²) in [6.07, 6.45) is 3.82. The number of nitrogens with one attached hydrogen (secondary N) is 4. The van der Waals surface area contributed by atoms with E-state index in [1.165, 1.54) is 14.2 Å². The Balaban J connectivity index is 1.07. The number of likely N-dealkylation sites (tertiary alicyclic amines) is 2. The van der Waals surface area contributed by atoms with Crippen LogP contribution < -0.4 is 10.6 Å². The molecule has 14 heteroatoms. The number of H-pyrrole nitrogens is 2. The number of rotatable bonds is 10. The number of hydrogen-bond acceptors (Lipinski definition) is 8. The van der Waals surface area contributed by atoms with Gasteiger partial charge >= 0.3 is 12.2 Å². The molecule has 7 rings (SSSR count). The SMILES string of the molecule is COC(=O)NC(C(=O)N1CCC[C@H]1c1nc2ccc(-c3ccc4cc(-c5cnc([C@@H]6CCCN6C(=O)[C@@H](NC(=O)OC)C(C)C)[nH]5)ccc4c3)cc2[nH]1)C(C)C. The lowest BCUT2D eigenvalue weighted by atomic mass is 9.99. The molecule has 2 aliphatic rings. The third-order valence-electron chi connectivity index (χ3n) is 11.1. The van der Waals surface area contributed by atoms with Crippen molar-refractivity contribution >= 4 is 45.8 Å². The van der Waals surface area contributed by atoms with Crippen LogP contribution in [0.2, 0.25) is 0 Å². The van der Waals surface area contributed by atoms with Gasteiger partial charge in [0.1, 0.15) is 23.7 Å². The van der Waals surface area contributed by atoms with Crippen LogP contribution in [0.15, 0.2) is 60.8 Å². The van der Waals surface area contributed by atoms with Gasteiger partial charge in [-0.05, 0) is 83.7 Å². The Morgan fingerprint density at radius 2 is 1.21 bits per heavy atom. The Hall–Kier alpha value is -5.92. The van der Waals surface area contributed by atoms with Crippen molar-refractivity contribution in [2.45, 2.75) is 77.5 Å². The third-order valence-corrected chi connectivity index (χ3v) is 11.1. The Bertz CT molecular complexity index is 2260. The highest BCUT2D eigenvalue weighted by atomic mass is 16.5. The van der Waals surface area contributed by atoms with Gasteiger partial charge in [0, 0.05) is 18.7 Å². The Morgan fingerprint density at radius 1 is 0.696 bits per heavy atom. The van der Waals surface area contributed by atoms with Gasteiger partial charge in [0.2, 0.25) is 11.8 Å². The van der Waals surface area contributed by atoms with Crippen molar-refractivity contribution in [1.82, 2.24) is 40.4 Å². The molecule has 1 unspecified atom stereocenters. The quantitative estimate of drug-likeness (QED) is 0.119. The standard InChI is InChI=1S/C42H50N8O6/c1-23(2)35(47-41(53)55-5)39(51)49-17-7-9-33(49)37-43-22-32(46-37)29-14-13-25-19-26(11-12-27(25)20-29)28-15-16-30-31(21-28)45-38(44-30)34-10-8-18-50(34)40(52)36(24(3)4)48-42(54)56-6/h11-16,19-24,33-36H,7-10,17-18H2,1-6H3,(H,43,46)(H,44,45)(H,47,53)(H,48,54)/t33-,34-,35-,36?/m0/s1. The van der Waals surface area contributed by atoms with Gasteiger partial charge in [-0.1, -0.05) is 58.0 Å². The second kappa shape index (κ2) is 16.0. The van der Waals surface area contributed by atoms with Crippen molar-refractivity contribution in [3.05, 3.63) is 72.4 Å². The van der Waals surface area contributed by atoms with Crippen LogP contribution in [0.5, 0.6) is 0 Å². The van der Waals surface area contributed by atoms with Crippen LogP contribution in [0.3, 0.4) is 0 Å². The van der Waals surface area contributed by atoms with Crippen LogP contribution >= 0.6 is 0 Å². The average Bonchev–Trinajstić information content (AvgIpc) is 4.03. The number of carbonyl (C=O) groups excluding carboxylic acids is 4. The number of imidazole rings is 2. The normalized spacial score (nSPS) is 18.1. The molecule has 56 heavy (non-hydrogen) atoms. The monoisotopic (exact) mass is 762 g/mol. The summed E-state index contributed by atoms with van der Waals surface area (Å²) in [5.41, 5.74) is 5.65. The lowest BCUT2D eigenvalue weighted by Gasteiger charge is -2.30. The maximum atomic E-state index is 13.6. The van der Waals surface area contributed by atoms with E-state index in [0.29, 0.717) is 13.1 Å². The number of carbonyl (C=O) groups is 4.